The summed E-state index contributed by atoms with van der Waals surface area (Å²) < 4.78 is 44.9. The molecular formula is C17H15F3N2O4. The molecule has 0 bridgehead atoms. The van der Waals surface area contributed by atoms with Crippen LogP contribution < -0.4 is 15.4 Å². The standard InChI is InChI=1S/C17H15F3N2O4/c1-21-14-5-3-2-4-13(14)16(24)25-10-15(23)22-11-6-8-12(9-7-11)26-17(18,19)20/h2-9,21H,10H2,1H3,(H,22,23). The Morgan fingerprint density at radius 2 is 1.69 bits per heavy atom. The highest BCUT2D eigenvalue weighted by atomic mass is 19.4. The molecule has 0 unspecified atom stereocenters. The summed E-state index contributed by atoms with van der Waals surface area (Å²) >= 11 is 0. The van der Waals surface area contributed by atoms with E-state index in [0.717, 1.165) is 12.1 Å². The molecule has 2 aromatic rings. The fourth-order valence-electron chi connectivity index (χ4n) is 2.02. The molecule has 2 aromatic carbocycles. The van der Waals surface area contributed by atoms with Crippen molar-refractivity contribution >= 4 is 23.3 Å². The fraction of sp³-hybridized carbons (Fsp3) is 0.176. The Morgan fingerprint density at radius 3 is 2.31 bits per heavy atom. The zero-order chi connectivity index (χ0) is 19.2. The van der Waals surface area contributed by atoms with Crippen molar-refractivity contribution < 1.29 is 32.2 Å². The van der Waals surface area contributed by atoms with Gasteiger partial charge in [-0.15, -0.1) is 13.2 Å². The minimum Gasteiger partial charge on any atom is -0.452 e. The molecule has 0 spiro atoms. The van der Waals surface area contributed by atoms with Crippen molar-refractivity contribution in [1.82, 2.24) is 0 Å². The van der Waals surface area contributed by atoms with Gasteiger partial charge in [-0.2, -0.15) is 0 Å². The van der Waals surface area contributed by atoms with E-state index >= 15 is 0 Å². The summed E-state index contributed by atoms with van der Waals surface area (Å²) in [6.45, 7) is -0.544. The molecule has 9 heteroatoms. The van der Waals surface area contributed by atoms with E-state index in [4.69, 9.17) is 4.74 Å². The number of rotatable bonds is 6. The van der Waals surface area contributed by atoms with E-state index in [1.807, 2.05) is 0 Å². The molecule has 0 heterocycles. The number of nitrogens with one attached hydrogen (secondary N) is 2. The number of ether oxygens (including phenoxy) is 2. The van der Waals surface area contributed by atoms with Gasteiger partial charge in [0, 0.05) is 18.4 Å². The summed E-state index contributed by atoms with van der Waals surface area (Å²) in [6, 6.07) is 11.2. The Morgan fingerprint density at radius 1 is 1.04 bits per heavy atom. The van der Waals surface area contributed by atoms with Crippen molar-refractivity contribution in [1.29, 1.82) is 0 Å². The van der Waals surface area contributed by atoms with E-state index in [1.54, 1.807) is 31.3 Å². The Kier molecular flexibility index (Phi) is 6.05. The number of carbonyl (C=O) groups excluding carboxylic acids is 2. The lowest BCUT2D eigenvalue weighted by Gasteiger charge is -2.11. The maximum Gasteiger partial charge on any atom is 0.573 e. The fourth-order valence-corrected chi connectivity index (χ4v) is 2.02. The van der Waals surface area contributed by atoms with Gasteiger partial charge in [0.15, 0.2) is 6.61 Å². The van der Waals surface area contributed by atoms with Crippen LogP contribution in [0.3, 0.4) is 0 Å². The first-order valence-corrected chi connectivity index (χ1v) is 7.38. The van der Waals surface area contributed by atoms with Crippen LogP contribution in [-0.2, 0) is 9.53 Å². The Labute approximate surface area is 146 Å². The number of carbonyl (C=O) groups is 2. The summed E-state index contributed by atoms with van der Waals surface area (Å²) in [5.41, 5.74) is 1.06. The second-order valence-corrected chi connectivity index (χ2v) is 4.99. The minimum atomic E-state index is -4.79. The molecule has 0 saturated heterocycles. The lowest BCUT2D eigenvalue weighted by Crippen LogP contribution is -2.21. The van der Waals surface area contributed by atoms with Gasteiger partial charge in [-0.05, 0) is 36.4 Å². The number of hydrogen-bond donors (Lipinski definition) is 2. The second kappa shape index (κ2) is 8.24. The van der Waals surface area contributed by atoms with Gasteiger partial charge in [0.25, 0.3) is 5.91 Å². The second-order valence-electron chi connectivity index (χ2n) is 4.99. The number of benzene rings is 2. The quantitative estimate of drug-likeness (QED) is 0.764. The summed E-state index contributed by atoms with van der Waals surface area (Å²) in [5.74, 6) is -1.73. The first-order chi connectivity index (χ1) is 12.3. The average Bonchev–Trinajstić information content (AvgIpc) is 2.60. The molecule has 138 valence electrons. The van der Waals surface area contributed by atoms with Gasteiger partial charge in [-0.1, -0.05) is 12.1 Å². The molecule has 0 aliphatic heterocycles. The summed E-state index contributed by atoms with van der Waals surface area (Å²) in [6.07, 6.45) is -4.79. The number of anilines is 2. The molecular weight excluding hydrogens is 353 g/mol. The van der Waals surface area contributed by atoms with Crippen LogP contribution in [0.4, 0.5) is 24.5 Å². The molecule has 0 fully saturated rings. The van der Waals surface area contributed by atoms with Crippen molar-refractivity contribution in [3.05, 3.63) is 54.1 Å². The van der Waals surface area contributed by atoms with E-state index in [2.05, 4.69) is 15.4 Å². The van der Waals surface area contributed by atoms with Gasteiger partial charge in [-0.3, -0.25) is 4.79 Å². The first kappa shape index (κ1) is 19.1. The van der Waals surface area contributed by atoms with Crippen LogP contribution >= 0.6 is 0 Å². The van der Waals surface area contributed by atoms with Crippen LogP contribution in [-0.4, -0.2) is 31.9 Å². The normalized spacial score (nSPS) is 10.8. The lowest BCUT2D eigenvalue weighted by molar-refractivity contribution is -0.274. The molecule has 0 radical (unpaired) electrons. The van der Waals surface area contributed by atoms with E-state index in [9.17, 15) is 22.8 Å². The smallest absolute Gasteiger partial charge is 0.452 e. The van der Waals surface area contributed by atoms with Crippen molar-refractivity contribution in [3.8, 4) is 5.75 Å². The molecule has 0 saturated carbocycles. The third-order valence-corrected chi connectivity index (χ3v) is 3.12. The molecule has 0 aromatic heterocycles. The van der Waals surface area contributed by atoms with E-state index in [-0.39, 0.29) is 11.3 Å². The topological polar surface area (TPSA) is 76.7 Å². The Bertz CT molecular complexity index is 776. The average molecular weight is 368 g/mol. The zero-order valence-corrected chi connectivity index (χ0v) is 13.6. The van der Waals surface area contributed by atoms with Crippen LogP contribution in [0.5, 0.6) is 5.75 Å². The zero-order valence-electron chi connectivity index (χ0n) is 13.6. The maximum atomic E-state index is 12.1. The Hall–Kier alpha value is -3.23. The molecule has 0 aliphatic carbocycles. The lowest BCUT2D eigenvalue weighted by atomic mass is 10.2. The van der Waals surface area contributed by atoms with Crippen LogP contribution in [0.15, 0.2) is 48.5 Å². The Balaban J connectivity index is 1.88. The predicted molar refractivity (Wildman–Crippen MR) is 88.0 cm³/mol. The van der Waals surface area contributed by atoms with E-state index < -0.39 is 30.6 Å². The number of esters is 1. The first-order valence-electron chi connectivity index (χ1n) is 7.38. The van der Waals surface area contributed by atoms with Crippen molar-refractivity contribution in [3.63, 3.8) is 0 Å². The molecule has 6 nitrogen and oxygen atoms in total. The number of amides is 1. The van der Waals surface area contributed by atoms with Crippen molar-refractivity contribution in [2.45, 2.75) is 6.36 Å². The van der Waals surface area contributed by atoms with Crippen LogP contribution in [0.1, 0.15) is 10.4 Å². The van der Waals surface area contributed by atoms with Crippen molar-refractivity contribution in [2.75, 3.05) is 24.3 Å². The van der Waals surface area contributed by atoms with Gasteiger partial charge in [0.05, 0.1) is 5.56 Å². The van der Waals surface area contributed by atoms with Crippen LogP contribution in [0.2, 0.25) is 0 Å². The third-order valence-electron chi connectivity index (χ3n) is 3.12. The number of para-hydroxylation sites is 1. The summed E-state index contributed by atoms with van der Waals surface area (Å²) in [4.78, 5) is 23.8. The molecule has 2 N–H and O–H groups in total. The summed E-state index contributed by atoms with van der Waals surface area (Å²) in [5, 5.41) is 5.23. The number of alkyl halides is 3. The minimum absolute atomic E-state index is 0.233. The number of halogens is 3. The van der Waals surface area contributed by atoms with Gasteiger partial charge < -0.3 is 20.1 Å². The summed E-state index contributed by atoms with van der Waals surface area (Å²) in [7, 11) is 1.64. The van der Waals surface area contributed by atoms with Gasteiger partial charge in [0.2, 0.25) is 0 Å². The molecule has 26 heavy (non-hydrogen) atoms. The SMILES string of the molecule is CNc1ccccc1C(=O)OCC(=O)Nc1ccc(OC(F)(F)F)cc1. The van der Waals surface area contributed by atoms with E-state index in [0.29, 0.717) is 5.69 Å². The van der Waals surface area contributed by atoms with Crippen LogP contribution in [0.25, 0.3) is 0 Å². The van der Waals surface area contributed by atoms with Crippen LogP contribution in [0, 0.1) is 0 Å². The predicted octanol–water partition coefficient (Wildman–Crippen LogP) is 3.42. The maximum absolute atomic E-state index is 12.1. The van der Waals surface area contributed by atoms with Gasteiger partial charge in [0.1, 0.15) is 5.75 Å². The largest absolute Gasteiger partial charge is 0.573 e. The highest BCUT2D eigenvalue weighted by molar-refractivity contribution is 5.98. The monoisotopic (exact) mass is 368 g/mol. The highest BCUT2D eigenvalue weighted by Gasteiger charge is 2.30. The van der Waals surface area contributed by atoms with Gasteiger partial charge >= 0.3 is 12.3 Å². The third kappa shape index (κ3) is 5.69. The number of hydrogen-bond acceptors (Lipinski definition) is 5. The molecule has 2 rings (SSSR count). The molecule has 0 atom stereocenters. The highest BCUT2D eigenvalue weighted by Crippen LogP contribution is 2.24. The van der Waals surface area contributed by atoms with Gasteiger partial charge in [-0.25, -0.2) is 4.79 Å². The van der Waals surface area contributed by atoms with E-state index in [1.165, 1.54) is 12.1 Å². The molecule has 1 amide bonds. The van der Waals surface area contributed by atoms with Crippen molar-refractivity contribution in [2.24, 2.45) is 0 Å². The molecule has 0 aliphatic rings.